The van der Waals surface area contributed by atoms with Crippen molar-refractivity contribution in [3.05, 3.63) is 94.1 Å². The second-order valence-electron chi connectivity index (χ2n) is 11.0. The van der Waals surface area contributed by atoms with Crippen molar-refractivity contribution in [2.24, 2.45) is 5.92 Å². The number of nitrogens with zero attached hydrogens (tertiary/aromatic N) is 2. The maximum absolute atomic E-state index is 15.1. The molecule has 0 bridgehead atoms. The van der Waals surface area contributed by atoms with E-state index in [-0.39, 0.29) is 18.3 Å². The highest BCUT2D eigenvalue weighted by molar-refractivity contribution is 7.90. The first-order valence-corrected chi connectivity index (χ1v) is 15.9. The molecule has 0 amide bonds. The number of alkyl halides is 1. The van der Waals surface area contributed by atoms with Crippen LogP contribution in [0.15, 0.2) is 54.7 Å². The Hall–Kier alpha value is -2.97. The third kappa shape index (κ3) is 8.27. The van der Waals surface area contributed by atoms with Crippen molar-refractivity contribution < 1.29 is 22.7 Å². The fourth-order valence-electron chi connectivity index (χ4n) is 4.99. The first kappa shape index (κ1) is 31.6. The van der Waals surface area contributed by atoms with Gasteiger partial charge in [-0.3, -0.25) is 4.79 Å². The summed E-state index contributed by atoms with van der Waals surface area (Å²) in [7, 11) is -3.27. The molecule has 216 valence electrons. The molecule has 3 aromatic rings. The summed E-state index contributed by atoms with van der Waals surface area (Å²) in [6.07, 6.45) is 6.22. The molecule has 40 heavy (non-hydrogen) atoms. The van der Waals surface area contributed by atoms with Crippen molar-refractivity contribution in [3.63, 3.8) is 0 Å². The first-order valence-electron chi connectivity index (χ1n) is 13.9. The standard InChI is InChI=1S/C32H41FN2O4S/c1-6-9-25(18-19-36)31(37)26-14-12-23(13-15-26)20-30-34-21-28(32(3,4)33)29(35-30)17-16-24-10-7-8-11-27(24)22(2)40(5,38)39/h7-8,10-15,21-22,25,36H,6,9,16-20H2,1-5H3. The summed E-state index contributed by atoms with van der Waals surface area (Å²) in [5.41, 5.74) is 2.56. The van der Waals surface area contributed by atoms with Gasteiger partial charge in [0.1, 0.15) is 11.5 Å². The van der Waals surface area contributed by atoms with Crippen LogP contribution in [0.3, 0.4) is 0 Å². The molecular formula is C32H41FN2O4S. The van der Waals surface area contributed by atoms with Gasteiger partial charge in [-0.2, -0.15) is 0 Å². The third-order valence-corrected chi connectivity index (χ3v) is 8.95. The SMILES string of the molecule is CCCC(CCO)C(=O)c1ccc(Cc2ncc(C(C)(C)F)c(CCc3ccccc3C(C)S(C)(=O)=O)n2)cc1. The molecule has 3 rings (SSSR count). The number of rotatable bonds is 14. The first-order chi connectivity index (χ1) is 18.8. The van der Waals surface area contributed by atoms with E-state index in [0.29, 0.717) is 48.3 Å². The van der Waals surface area contributed by atoms with E-state index in [9.17, 15) is 18.3 Å². The van der Waals surface area contributed by atoms with Gasteiger partial charge in [-0.25, -0.2) is 22.8 Å². The third-order valence-electron chi connectivity index (χ3n) is 7.41. The molecule has 8 heteroatoms. The highest BCUT2D eigenvalue weighted by Crippen LogP contribution is 2.30. The molecule has 0 fully saturated rings. The number of aromatic nitrogens is 2. The molecule has 2 aromatic carbocycles. The number of aliphatic hydroxyl groups excluding tert-OH is 1. The molecule has 2 atom stereocenters. The number of aliphatic hydroxyl groups is 1. The molecule has 0 saturated carbocycles. The predicted octanol–water partition coefficient (Wildman–Crippen LogP) is 6.14. The van der Waals surface area contributed by atoms with E-state index in [1.54, 1.807) is 25.3 Å². The maximum atomic E-state index is 15.1. The number of Topliss-reactive ketones (excluding diaryl/α,β-unsaturated/α-hetero) is 1. The van der Waals surface area contributed by atoms with Crippen LogP contribution in [-0.4, -0.2) is 42.1 Å². The minimum absolute atomic E-state index is 0.0117. The van der Waals surface area contributed by atoms with Gasteiger partial charge in [0.25, 0.3) is 0 Å². The van der Waals surface area contributed by atoms with Crippen LogP contribution in [0.5, 0.6) is 0 Å². The van der Waals surface area contributed by atoms with Crippen LogP contribution in [0.4, 0.5) is 4.39 Å². The number of hydrogen-bond donors (Lipinski definition) is 1. The van der Waals surface area contributed by atoms with Crippen molar-refractivity contribution in [1.29, 1.82) is 0 Å². The summed E-state index contributed by atoms with van der Waals surface area (Å²) in [6, 6.07) is 14.8. The molecular weight excluding hydrogens is 527 g/mol. The van der Waals surface area contributed by atoms with Crippen molar-refractivity contribution in [3.8, 4) is 0 Å². The Kier molecular flexibility index (Phi) is 10.7. The van der Waals surface area contributed by atoms with E-state index in [4.69, 9.17) is 4.98 Å². The van der Waals surface area contributed by atoms with E-state index in [2.05, 4.69) is 4.98 Å². The maximum Gasteiger partial charge on any atom is 0.166 e. The normalized spacial score (nSPS) is 13.7. The zero-order chi connectivity index (χ0) is 29.5. The molecule has 0 saturated heterocycles. The molecule has 2 unspecified atom stereocenters. The summed E-state index contributed by atoms with van der Waals surface area (Å²) in [5, 5.41) is 8.68. The van der Waals surface area contributed by atoms with Gasteiger partial charge in [0, 0.05) is 42.5 Å². The average Bonchev–Trinajstić information content (AvgIpc) is 2.90. The molecule has 0 spiro atoms. The van der Waals surface area contributed by atoms with Gasteiger partial charge < -0.3 is 5.11 Å². The molecule has 0 aliphatic carbocycles. The molecule has 1 heterocycles. The minimum Gasteiger partial charge on any atom is -0.396 e. The van der Waals surface area contributed by atoms with Crippen molar-refractivity contribution in [2.45, 2.75) is 77.1 Å². The Morgan fingerprint density at radius 1 is 1.05 bits per heavy atom. The zero-order valence-corrected chi connectivity index (χ0v) is 25.0. The lowest BCUT2D eigenvalue weighted by Crippen LogP contribution is -2.17. The number of sulfone groups is 1. The van der Waals surface area contributed by atoms with Gasteiger partial charge in [-0.05, 0) is 63.1 Å². The lowest BCUT2D eigenvalue weighted by molar-refractivity contribution is 0.0886. The number of carbonyl (C=O) groups excluding carboxylic acids is 1. The quantitative estimate of drug-likeness (QED) is 0.235. The fraction of sp³-hybridized carbons (Fsp3) is 0.469. The Balaban J connectivity index is 1.83. The number of halogens is 1. The lowest BCUT2D eigenvalue weighted by Gasteiger charge is -2.20. The van der Waals surface area contributed by atoms with Gasteiger partial charge in [-0.1, -0.05) is 61.9 Å². The van der Waals surface area contributed by atoms with Gasteiger partial charge in [0.05, 0.1) is 10.9 Å². The number of carbonyl (C=O) groups is 1. The molecule has 0 aliphatic heterocycles. The monoisotopic (exact) mass is 568 g/mol. The van der Waals surface area contributed by atoms with Crippen molar-refractivity contribution in [1.82, 2.24) is 9.97 Å². The van der Waals surface area contributed by atoms with Crippen LogP contribution < -0.4 is 0 Å². The van der Waals surface area contributed by atoms with Gasteiger partial charge >= 0.3 is 0 Å². The van der Waals surface area contributed by atoms with Crippen LogP contribution >= 0.6 is 0 Å². The van der Waals surface area contributed by atoms with Crippen LogP contribution in [0.1, 0.15) is 96.3 Å². The summed E-state index contributed by atoms with van der Waals surface area (Å²) < 4.78 is 39.5. The van der Waals surface area contributed by atoms with Gasteiger partial charge in [0.2, 0.25) is 0 Å². The lowest BCUT2D eigenvalue weighted by atomic mass is 9.90. The minimum atomic E-state index is -3.27. The molecule has 1 N–H and O–H groups in total. The van der Waals surface area contributed by atoms with E-state index >= 15 is 4.39 Å². The Labute approximate surface area is 238 Å². The smallest absolute Gasteiger partial charge is 0.166 e. The Bertz CT molecular complexity index is 1390. The zero-order valence-electron chi connectivity index (χ0n) is 24.2. The summed E-state index contributed by atoms with van der Waals surface area (Å²) in [5.74, 6) is 0.402. The molecule has 0 aliphatic rings. The number of ketones is 1. The summed E-state index contributed by atoms with van der Waals surface area (Å²) in [4.78, 5) is 22.1. The van der Waals surface area contributed by atoms with Gasteiger partial charge in [-0.15, -0.1) is 0 Å². The fourth-order valence-corrected chi connectivity index (χ4v) is 5.68. The highest BCUT2D eigenvalue weighted by Gasteiger charge is 2.26. The van der Waals surface area contributed by atoms with E-state index in [0.717, 1.165) is 29.5 Å². The van der Waals surface area contributed by atoms with Crippen LogP contribution in [-0.2, 0) is 34.8 Å². The number of aryl methyl sites for hydroxylation is 2. The topological polar surface area (TPSA) is 97.2 Å². The Morgan fingerprint density at radius 2 is 1.73 bits per heavy atom. The van der Waals surface area contributed by atoms with Crippen LogP contribution in [0.2, 0.25) is 0 Å². The second-order valence-corrected chi connectivity index (χ2v) is 13.4. The largest absolute Gasteiger partial charge is 0.396 e. The van der Waals surface area contributed by atoms with E-state index in [1.807, 2.05) is 43.3 Å². The molecule has 0 radical (unpaired) electrons. The average molecular weight is 569 g/mol. The highest BCUT2D eigenvalue weighted by atomic mass is 32.2. The second kappa shape index (κ2) is 13.6. The van der Waals surface area contributed by atoms with Crippen LogP contribution in [0.25, 0.3) is 0 Å². The van der Waals surface area contributed by atoms with Crippen molar-refractivity contribution in [2.75, 3.05) is 12.9 Å². The number of benzene rings is 2. The van der Waals surface area contributed by atoms with Gasteiger partial charge in [0.15, 0.2) is 15.6 Å². The van der Waals surface area contributed by atoms with Crippen molar-refractivity contribution >= 4 is 15.6 Å². The number of hydrogen-bond acceptors (Lipinski definition) is 6. The molecule has 1 aromatic heterocycles. The predicted molar refractivity (Wildman–Crippen MR) is 157 cm³/mol. The summed E-state index contributed by atoms with van der Waals surface area (Å²) >= 11 is 0. The molecule has 6 nitrogen and oxygen atoms in total. The Morgan fingerprint density at radius 3 is 2.33 bits per heavy atom. The van der Waals surface area contributed by atoms with E-state index < -0.39 is 20.8 Å². The van der Waals surface area contributed by atoms with Crippen LogP contribution in [0, 0.1) is 5.92 Å². The summed E-state index contributed by atoms with van der Waals surface area (Å²) in [6.45, 7) is 6.66. The van der Waals surface area contributed by atoms with E-state index in [1.165, 1.54) is 20.1 Å².